The SMILES string of the molecule is CCOc1ccc(CCNS(=O)(=O)c2ccc(N)cc2)cc1OCC. The smallest absolute Gasteiger partial charge is 0.240 e. The molecule has 25 heavy (non-hydrogen) atoms. The van der Waals surface area contributed by atoms with Gasteiger partial charge in [0.05, 0.1) is 18.1 Å². The number of nitrogen functional groups attached to an aromatic ring is 1. The van der Waals surface area contributed by atoms with Crippen molar-refractivity contribution in [3.63, 3.8) is 0 Å². The summed E-state index contributed by atoms with van der Waals surface area (Å²) in [5.74, 6) is 1.36. The van der Waals surface area contributed by atoms with Gasteiger partial charge in [0.25, 0.3) is 0 Å². The van der Waals surface area contributed by atoms with E-state index in [0.29, 0.717) is 36.8 Å². The molecule has 0 unspecified atom stereocenters. The van der Waals surface area contributed by atoms with E-state index in [1.54, 1.807) is 12.1 Å². The molecule has 2 aromatic rings. The third-order valence-corrected chi connectivity index (χ3v) is 4.98. The Balaban J connectivity index is 2.01. The van der Waals surface area contributed by atoms with Gasteiger partial charge in [0.15, 0.2) is 11.5 Å². The standard InChI is InChI=1S/C18H24N2O4S/c1-3-23-17-10-5-14(13-18(17)24-4-2)11-12-20-25(21,22)16-8-6-15(19)7-9-16/h5-10,13,20H,3-4,11-12,19H2,1-2H3. The molecule has 3 N–H and O–H groups in total. The molecule has 0 atom stereocenters. The van der Waals surface area contributed by atoms with Gasteiger partial charge in [0, 0.05) is 12.2 Å². The summed E-state index contributed by atoms with van der Waals surface area (Å²) in [5, 5.41) is 0. The molecule has 0 aliphatic rings. The summed E-state index contributed by atoms with van der Waals surface area (Å²) in [6.07, 6.45) is 0.542. The number of nitrogens with one attached hydrogen (secondary N) is 1. The molecule has 2 rings (SSSR count). The summed E-state index contributed by atoms with van der Waals surface area (Å²) in [5.41, 5.74) is 7.07. The summed E-state index contributed by atoms with van der Waals surface area (Å²) < 4.78 is 38.2. The lowest BCUT2D eigenvalue weighted by Gasteiger charge is -2.13. The zero-order valence-corrected chi connectivity index (χ0v) is 15.3. The van der Waals surface area contributed by atoms with Crippen LogP contribution in [0.4, 0.5) is 5.69 Å². The minimum absolute atomic E-state index is 0.198. The maximum atomic E-state index is 12.2. The second-order valence-corrected chi connectivity index (χ2v) is 7.13. The molecular formula is C18H24N2O4S. The molecule has 7 heteroatoms. The van der Waals surface area contributed by atoms with Crippen LogP contribution in [0.3, 0.4) is 0 Å². The minimum atomic E-state index is -3.55. The fourth-order valence-corrected chi connectivity index (χ4v) is 3.34. The molecular weight excluding hydrogens is 340 g/mol. The van der Waals surface area contributed by atoms with Crippen LogP contribution in [0.15, 0.2) is 47.4 Å². The van der Waals surface area contributed by atoms with Gasteiger partial charge in [-0.25, -0.2) is 13.1 Å². The van der Waals surface area contributed by atoms with Crippen molar-refractivity contribution in [2.75, 3.05) is 25.5 Å². The molecule has 0 heterocycles. The molecule has 0 saturated heterocycles. The number of sulfonamides is 1. The van der Waals surface area contributed by atoms with Gasteiger partial charge in [-0.15, -0.1) is 0 Å². The Hall–Kier alpha value is -2.25. The topological polar surface area (TPSA) is 90.7 Å². The first-order valence-electron chi connectivity index (χ1n) is 8.20. The van der Waals surface area contributed by atoms with Crippen LogP contribution >= 0.6 is 0 Å². The lowest BCUT2D eigenvalue weighted by atomic mass is 10.1. The van der Waals surface area contributed by atoms with Gasteiger partial charge in [0.1, 0.15) is 0 Å². The van der Waals surface area contributed by atoms with Crippen molar-refractivity contribution in [2.45, 2.75) is 25.2 Å². The summed E-state index contributed by atoms with van der Waals surface area (Å²) in [7, 11) is -3.55. The Bertz CT molecular complexity index is 789. The molecule has 0 amide bonds. The normalized spacial score (nSPS) is 11.3. The second-order valence-electron chi connectivity index (χ2n) is 5.36. The van der Waals surface area contributed by atoms with E-state index in [-0.39, 0.29) is 11.4 Å². The maximum Gasteiger partial charge on any atom is 0.240 e. The van der Waals surface area contributed by atoms with Crippen LogP contribution in [0.2, 0.25) is 0 Å². The Morgan fingerprint density at radius 3 is 2.24 bits per heavy atom. The zero-order valence-electron chi connectivity index (χ0n) is 14.5. The van der Waals surface area contributed by atoms with E-state index in [2.05, 4.69) is 4.72 Å². The molecule has 0 aliphatic heterocycles. The molecule has 0 aromatic heterocycles. The minimum Gasteiger partial charge on any atom is -0.490 e. The predicted octanol–water partition coefficient (Wildman–Crippen LogP) is 2.59. The van der Waals surface area contributed by atoms with Gasteiger partial charge in [-0.2, -0.15) is 0 Å². The highest BCUT2D eigenvalue weighted by atomic mass is 32.2. The molecule has 0 bridgehead atoms. The molecule has 0 aliphatic carbocycles. The highest BCUT2D eigenvalue weighted by Crippen LogP contribution is 2.28. The lowest BCUT2D eigenvalue weighted by molar-refractivity contribution is 0.287. The number of anilines is 1. The predicted molar refractivity (Wildman–Crippen MR) is 98.5 cm³/mol. The molecule has 0 spiro atoms. The molecule has 0 radical (unpaired) electrons. The van der Waals surface area contributed by atoms with E-state index < -0.39 is 10.0 Å². The van der Waals surface area contributed by atoms with Gasteiger partial charge in [-0.05, 0) is 62.2 Å². The van der Waals surface area contributed by atoms with Crippen molar-refractivity contribution in [3.8, 4) is 11.5 Å². The molecule has 6 nitrogen and oxygen atoms in total. The summed E-state index contributed by atoms with van der Waals surface area (Å²) in [6, 6.07) is 11.7. The van der Waals surface area contributed by atoms with Crippen molar-refractivity contribution in [3.05, 3.63) is 48.0 Å². The maximum absolute atomic E-state index is 12.2. The first kappa shape index (κ1) is 19.1. The quantitative estimate of drug-likeness (QED) is 0.668. The largest absolute Gasteiger partial charge is 0.490 e. The molecule has 0 saturated carbocycles. The Labute approximate surface area is 149 Å². The van der Waals surface area contributed by atoms with Gasteiger partial charge in [-0.1, -0.05) is 6.07 Å². The van der Waals surface area contributed by atoms with Crippen molar-refractivity contribution in [2.24, 2.45) is 0 Å². The fourth-order valence-electron chi connectivity index (χ4n) is 2.31. The Morgan fingerprint density at radius 1 is 0.960 bits per heavy atom. The highest BCUT2D eigenvalue weighted by Gasteiger charge is 2.13. The number of benzene rings is 2. The Kier molecular flexibility index (Phi) is 6.66. The average molecular weight is 364 g/mol. The summed E-state index contributed by atoms with van der Waals surface area (Å²) in [4.78, 5) is 0.198. The molecule has 0 fully saturated rings. The van der Waals surface area contributed by atoms with E-state index in [1.165, 1.54) is 12.1 Å². The van der Waals surface area contributed by atoms with Crippen LogP contribution in [0.25, 0.3) is 0 Å². The van der Waals surface area contributed by atoms with Crippen LogP contribution in [0.1, 0.15) is 19.4 Å². The van der Waals surface area contributed by atoms with Gasteiger partial charge in [-0.3, -0.25) is 0 Å². The van der Waals surface area contributed by atoms with E-state index >= 15 is 0 Å². The second kappa shape index (κ2) is 8.73. The first-order chi connectivity index (χ1) is 12.0. The third kappa shape index (κ3) is 5.37. The summed E-state index contributed by atoms with van der Waals surface area (Å²) in [6.45, 7) is 5.19. The lowest BCUT2D eigenvalue weighted by Crippen LogP contribution is -2.26. The van der Waals surface area contributed by atoms with Crippen LogP contribution in [0.5, 0.6) is 11.5 Å². The van der Waals surface area contributed by atoms with Gasteiger partial charge in [0.2, 0.25) is 10.0 Å². The van der Waals surface area contributed by atoms with E-state index in [9.17, 15) is 8.42 Å². The third-order valence-electron chi connectivity index (χ3n) is 3.50. The fraction of sp³-hybridized carbons (Fsp3) is 0.333. The summed E-state index contributed by atoms with van der Waals surface area (Å²) >= 11 is 0. The molecule has 136 valence electrons. The zero-order chi connectivity index (χ0) is 18.3. The number of hydrogen-bond donors (Lipinski definition) is 2. The van der Waals surface area contributed by atoms with E-state index in [0.717, 1.165) is 5.56 Å². The monoisotopic (exact) mass is 364 g/mol. The van der Waals surface area contributed by atoms with Crippen molar-refractivity contribution in [1.29, 1.82) is 0 Å². The number of nitrogens with two attached hydrogens (primary N) is 1. The van der Waals surface area contributed by atoms with Crippen molar-refractivity contribution < 1.29 is 17.9 Å². The Morgan fingerprint density at radius 2 is 1.60 bits per heavy atom. The first-order valence-corrected chi connectivity index (χ1v) is 9.68. The van der Waals surface area contributed by atoms with Crippen LogP contribution in [-0.4, -0.2) is 28.2 Å². The van der Waals surface area contributed by atoms with E-state index in [4.69, 9.17) is 15.2 Å². The van der Waals surface area contributed by atoms with Crippen molar-refractivity contribution in [1.82, 2.24) is 4.72 Å². The highest BCUT2D eigenvalue weighted by molar-refractivity contribution is 7.89. The number of ether oxygens (including phenoxy) is 2. The average Bonchev–Trinajstić information content (AvgIpc) is 2.58. The number of hydrogen-bond acceptors (Lipinski definition) is 5. The number of rotatable bonds is 9. The van der Waals surface area contributed by atoms with Gasteiger partial charge < -0.3 is 15.2 Å². The van der Waals surface area contributed by atoms with Crippen molar-refractivity contribution >= 4 is 15.7 Å². The van der Waals surface area contributed by atoms with Crippen LogP contribution < -0.4 is 19.9 Å². The van der Waals surface area contributed by atoms with Crippen LogP contribution in [-0.2, 0) is 16.4 Å². The molecule has 2 aromatic carbocycles. The van der Waals surface area contributed by atoms with Crippen LogP contribution in [0, 0.1) is 0 Å². The van der Waals surface area contributed by atoms with E-state index in [1.807, 2.05) is 32.0 Å². The van der Waals surface area contributed by atoms with Gasteiger partial charge >= 0.3 is 0 Å².